The summed E-state index contributed by atoms with van der Waals surface area (Å²) in [7, 11) is 2.08. The van der Waals surface area contributed by atoms with Gasteiger partial charge < -0.3 is 16.0 Å². The van der Waals surface area contributed by atoms with Gasteiger partial charge in [-0.2, -0.15) is 0 Å². The summed E-state index contributed by atoms with van der Waals surface area (Å²) in [5, 5.41) is 5.46. The minimum atomic E-state index is 0. The first-order chi connectivity index (χ1) is 12.2. The Balaban J connectivity index is 0.00000131. The van der Waals surface area contributed by atoms with Crippen LogP contribution in [0.1, 0.15) is 36.1 Å². The molecule has 2 aromatic rings. The number of nitrogens with two attached hydrogens (primary N) is 1. The molecule has 1 aromatic heterocycles. The van der Waals surface area contributed by atoms with Crippen molar-refractivity contribution >= 4 is 53.4 Å². The van der Waals surface area contributed by atoms with Crippen LogP contribution < -0.4 is 16.0 Å². The van der Waals surface area contributed by atoms with E-state index < -0.39 is 0 Å². The molecule has 0 bridgehead atoms. The van der Waals surface area contributed by atoms with E-state index in [1.807, 2.05) is 17.5 Å². The zero-order valence-electron chi connectivity index (χ0n) is 15.6. The summed E-state index contributed by atoms with van der Waals surface area (Å²) in [6.07, 6.45) is 6.26. The van der Waals surface area contributed by atoms with Crippen molar-refractivity contribution in [2.75, 3.05) is 18.5 Å². The quantitative estimate of drug-likeness (QED) is 0.557. The summed E-state index contributed by atoms with van der Waals surface area (Å²) in [6, 6.07) is 12.0. The highest BCUT2D eigenvalue weighted by atomic mass is 35.5. The van der Waals surface area contributed by atoms with E-state index in [0.29, 0.717) is 17.9 Å². The minimum absolute atomic E-state index is 0. The van der Waals surface area contributed by atoms with Gasteiger partial charge in [-0.3, -0.25) is 0 Å². The van der Waals surface area contributed by atoms with E-state index in [-0.39, 0.29) is 24.8 Å². The molecule has 1 saturated carbocycles. The lowest BCUT2D eigenvalue weighted by Crippen LogP contribution is -2.41. The number of amidine groups is 1. The van der Waals surface area contributed by atoms with Crippen molar-refractivity contribution in [3.05, 3.63) is 46.2 Å². The Morgan fingerprint density at radius 1 is 1.19 bits per heavy atom. The summed E-state index contributed by atoms with van der Waals surface area (Å²) in [5.74, 6) is 0.607. The maximum atomic E-state index is 6.13. The molecule has 4 nitrogen and oxygen atoms in total. The van der Waals surface area contributed by atoms with E-state index in [1.165, 1.54) is 36.9 Å². The molecule has 4 rings (SSSR count). The zero-order valence-corrected chi connectivity index (χ0v) is 18.0. The smallest absolute Gasteiger partial charge is 0.141 e. The van der Waals surface area contributed by atoms with Gasteiger partial charge in [0.2, 0.25) is 0 Å². The van der Waals surface area contributed by atoms with Crippen molar-refractivity contribution in [3.8, 4) is 0 Å². The summed E-state index contributed by atoms with van der Waals surface area (Å²) in [4.78, 5) is 8.27. The van der Waals surface area contributed by atoms with Gasteiger partial charge in [0.1, 0.15) is 5.84 Å². The number of nitrogens with one attached hydrogen (secondary N) is 1. The lowest BCUT2D eigenvalue weighted by Gasteiger charge is -2.36. The van der Waals surface area contributed by atoms with Crippen LogP contribution in [0.25, 0.3) is 0 Å². The summed E-state index contributed by atoms with van der Waals surface area (Å²) in [5.41, 5.74) is 9.91. The van der Waals surface area contributed by atoms with E-state index in [2.05, 4.69) is 40.5 Å². The molecule has 2 aliphatic rings. The number of nitrogens with zero attached hydrogens (tertiary/aromatic N) is 2. The van der Waals surface area contributed by atoms with Crippen LogP contribution in [0.2, 0.25) is 0 Å². The average molecular weight is 427 g/mol. The fourth-order valence-corrected chi connectivity index (χ4v) is 4.78. The van der Waals surface area contributed by atoms with Crippen molar-refractivity contribution in [2.45, 2.75) is 44.2 Å². The molecule has 1 aliphatic carbocycles. The van der Waals surface area contributed by atoms with Gasteiger partial charge in [0, 0.05) is 24.3 Å². The SMILES string of the molecule is CNC1CCC(N2CCc3cc(N=C(N)c4cccs4)ccc32)CC1.Cl.Cl. The molecule has 0 unspecified atom stereocenters. The third-order valence-electron chi connectivity index (χ3n) is 5.56. The maximum absolute atomic E-state index is 6.13. The van der Waals surface area contributed by atoms with Gasteiger partial charge in [-0.25, -0.2) is 4.99 Å². The highest BCUT2D eigenvalue weighted by Gasteiger charge is 2.29. The molecular weight excluding hydrogens is 399 g/mol. The second-order valence-corrected chi connectivity index (χ2v) is 7.97. The zero-order chi connectivity index (χ0) is 17.2. The third-order valence-corrected chi connectivity index (χ3v) is 6.46. The third kappa shape index (κ3) is 4.77. The first kappa shape index (κ1) is 22.0. The van der Waals surface area contributed by atoms with Gasteiger partial charge in [-0.15, -0.1) is 36.2 Å². The molecule has 2 heterocycles. The summed E-state index contributed by atoms with van der Waals surface area (Å²) in [6.45, 7) is 1.14. The average Bonchev–Trinajstić information content (AvgIpc) is 3.31. The fourth-order valence-electron chi connectivity index (χ4n) is 4.16. The number of halogens is 2. The van der Waals surface area contributed by atoms with Crippen LogP contribution >= 0.6 is 36.2 Å². The number of anilines is 1. The van der Waals surface area contributed by atoms with Gasteiger partial charge in [0.25, 0.3) is 0 Å². The maximum Gasteiger partial charge on any atom is 0.141 e. The molecular formula is C20H28Cl2N4S. The molecule has 1 aliphatic heterocycles. The number of hydrogen-bond donors (Lipinski definition) is 2. The monoisotopic (exact) mass is 426 g/mol. The standard InChI is InChI=1S/C20H26N4S.2ClH/c1-22-15-4-7-17(8-5-15)24-11-10-14-13-16(6-9-18(14)24)23-20(21)19-3-2-12-25-19;;/h2-3,6,9,12-13,15,17,22H,4-5,7-8,10-11H2,1H3,(H2,21,23);2*1H. The van der Waals surface area contributed by atoms with E-state index in [0.717, 1.165) is 23.5 Å². The van der Waals surface area contributed by atoms with Crippen molar-refractivity contribution in [1.82, 2.24) is 5.32 Å². The lowest BCUT2D eigenvalue weighted by molar-refractivity contribution is 0.347. The van der Waals surface area contributed by atoms with Gasteiger partial charge >= 0.3 is 0 Å². The number of hydrogen-bond acceptors (Lipinski definition) is 4. The highest BCUT2D eigenvalue weighted by Crippen LogP contribution is 2.36. The Morgan fingerprint density at radius 3 is 2.63 bits per heavy atom. The Morgan fingerprint density at radius 2 is 1.96 bits per heavy atom. The predicted octanol–water partition coefficient (Wildman–Crippen LogP) is 4.52. The van der Waals surface area contributed by atoms with Crippen LogP contribution in [0.15, 0.2) is 40.7 Å². The van der Waals surface area contributed by atoms with Crippen LogP contribution in [0, 0.1) is 0 Å². The molecule has 0 atom stereocenters. The molecule has 27 heavy (non-hydrogen) atoms. The Labute approximate surface area is 178 Å². The van der Waals surface area contributed by atoms with Gasteiger partial charge in [0.05, 0.1) is 10.6 Å². The van der Waals surface area contributed by atoms with Crippen LogP contribution in [0.3, 0.4) is 0 Å². The molecule has 0 amide bonds. The lowest BCUT2D eigenvalue weighted by atomic mass is 9.90. The van der Waals surface area contributed by atoms with Crippen LogP contribution in [-0.2, 0) is 6.42 Å². The Hall–Kier alpha value is -1.27. The predicted molar refractivity (Wildman–Crippen MR) is 122 cm³/mol. The normalized spacial score (nSPS) is 22.0. The van der Waals surface area contributed by atoms with E-state index in [9.17, 15) is 0 Å². The van der Waals surface area contributed by atoms with E-state index in [4.69, 9.17) is 5.73 Å². The van der Waals surface area contributed by atoms with E-state index >= 15 is 0 Å². The largest absolute Gasteiger partial charge is 0.383 e. The van der Waals surface area contributed by atoms with Crippen LogP contribution in [0.5, 0.6) is 0 Å². The molecule has 0 spiro atoms. The minimum Gasteiger partial charge on any atom is -0.383 e. The second kappa shape index (κ2) is 9.78. The molecule has 0 saturated heterocycles. The molecule has 1 fully saturated rings. The topological polar surface area (TPSA) is 53.6 Å². The Bertz CT molecular complexity index is 755. The number of benzene rings is 1. The molecule has 148 valence electrons. The molecule has 1 aromatic carbocycles. The van der Waals surface area contributed by atoms with Crippen molar-refractivity contribution in [3.63, 3.8) is 0 Å². The van der Waals surface area contributed by atoms with Crippen molar-refractivity contribution in [1.29, 1.82) is 0 Å². The number of rotatable bonds is 4. The van der Waals surface area contributed by atoms with Crippen molar-refractivity contribution in [2.24, 2.45) is 10.7 Å². The first-order valence-electron chi connectivity index (χ1n) is 9.19. The first-order valence-corrected chi connectivity index (χ1v) is 10.1. The van der Waals surface area contributed by atoms with Crippen molar-refractivity contribution < 1.29 is 0 Å². The fraction of sp³-hybridized carbons (Fsp3) is 0.450. The van der Waals surface area contributed by atoms with Gasteiger partial charge in [-0.05, 0) is 74.4 Å². The van der Waals surface area contributed by atoms with Crippen LogP contribution in [0.4, 0.5) is 11.4 Å². The van der Waals surface area contributed by atoms with E-state index in [1.54, 1.807) is 11.3 Å². The highest BCUT2D eigenvalue weighted by molar-refractivity contribution is 7.12. The van der Waals surface area contributed by atoms with Gasteiger partial charge in [-0.1, -0.05) is 6.07 Å². The molecule has 0 radical (unpaired) electrons. The van der Waals surface area contributed by atoms with Crippen LogP contribution in [-0.4, -0.2) is 31.5 Å². The molecule has 7 heteroatoms. The number of thiophene rings is 1. The summed E-state index contributed by atoms with van der Waals surface area (Å²) >= 11 is 1.63. The molecule has 3 N–H and O–H groups in total. The van der Waals surface area contributed by atoms with Gasteiger partial charge in [0.15, 0.2) is 0 Å². The number of aliphatic imine (C=N–C) groups is 1. The number of fused-ring (bicyclic) bond motifs is 1. The second-order valence-electron chi connectivity index (χ2n) is 7.02. The summed E-state index contributed by atoms with van der Waals surface area (Å²) < 4.78 is 0. The Kier molecular flexibility index (Phi) is 7.98.